The summed E-state index contributed by atoms with van der Waals surface area (Å²) in [7, 11) is -3.04. The Hall–Kier alpha value is -1.56. The number of sulfone groups is 1. The first-order valence-corrected chi connectivity index (χ1v) is 7.08. The summed E-state index contributed by atoms with van der Waals surface area (Å²) in [5, 5.41) is 11.8. The average Bonchev–Trinajstić information content (AvgIpc) is 2.27. The third-order valence-electron chi connectivity index (χ3n) is 2.14. The fourth-order valence-corrected chi connectivity index (χ4v) is 1.63. The molecule has 0 bridgehead atoms. The van der Waals surface area contributed by atoms with Crippen LogP contribution in [0.2, 0.25) is 0 Å². The number of benzene rings is 1. The lowest BCUT2D eigenvalue weighted by Crippen LogP contribution is -2.13. The number of para-hydroxylation sites is 1. The van der Waals surface area contributed by atoms with E-state index < -0.39 is 9.84 Å². The van der Waals surface area contributed by atoms with Gasteiger partial charge in [-0.05, 0) is 19.1 Å². The summed E-state index contributed by atoms with van der Waals surface area (Å²) in [6.45, 7) is 1.72. The van der Waals surface area contributed by atoms with E-state index in [4.69, 9.17) is 9.94 Å². The minimum Gasteiger partial charge on any atom is -0.492 e. The number of ether oxygens (including phenoxy) is 1. The molecule has 94 valence electrons. The first-order chi connectivity index (χ1) is 7.94. The van der Waals surface area contributed by atoms with Crippen LogP contribution in [0, 0.1) is 0 Å². The van der Waals surface area contributed by atoms with Gasteiger partial charge >= 0.3 is 0 Å². The van der Waals surface area contributed by atoms with Gasteiger partial charge in [0.2, 0.25) is 0 Å². The Morgan fingerprint density at radius 2 is 2.06 bits per heavy atom. The largest absolute Gasteiger partial charge is 0.492 e. The Labute approximate surface area is 101 Å². The van der Waals surface area contributed by atoms with E-state index >= 15 is 0 Å². The van der Waals surface area contributed by atoms with Gasteiger partial charge in [-0.3, -0.25) is 0 Å². The van der Waals surface area contributed by atoms with E-state index in [1.807, 2.05) is 0 Å². The summed E-state index contributed by atoms with van der Waals surface area (Å²) in [4.78, 5) is 0. The molecular weight excluding hydrogens is 242 g/mol. The van der Waals surface area contributed by atoms with Gasteiger partial charge in [-0.15, -0.1) is 0 Å². The Balaban J connectivity index is 2.78. The quantitative estimate of drug-likeness (QED) is 0.490. The molecule has 0 aliphatic heterocycles. The van der Waals surface area contributed by atoms with Gasteiger partial charge in [0.05, 0.1) is 11.5 Å². The summed E-state index contributed by atoms with van der Waals surface area (Å²) in [6, 6.07) is 6.99. The van der Waals surface area contributed by atoms with Crippen LogP contribution in [0.3, 0.4) is 0 Å². The first-order valence-electron chi connectivity index (χ1n) is 5.02. The maximum Gasteiger partial charge on any atom is 0.150 e. The molecule has 1 aromatic rings. The molecular formula is C11H15NO4S. The molecule has 0 saturated carbocycles. The molecule has 0 amide bonds. The predicted molar refractivity (Wildman–Crippen MR) is 65.6 cm³/mol. The Kier molecular flexibility index (Phi) is 4.51. The van der Waals surface area contributed by atoms with Crippen LogP contribution in [-0.2, 0) is 9.84 Å². The maximum atomic E-state index is 11.0. The molecule has 0 radical (unpaired) electrons. The van der Waals surface area contributed by atoms with Crippen molar-refractivity contribution in [2.45, 2.75) is 6.92 Å². The second kappa shape index (κ2) is 5.67. The number of hydrogen-bond acceptors (Lipinski definition) is 5. The molecule has 1 N–H and O–H groups in total. The Bertz CT molecular complexity index is 508. The fourth-order valence-electron chi connectivity index (χ4n) is 1.25. The van der Waals surface area contributed by atoms with E-state index in [2.05, 4.69) is 5.16 Å². The zero-order valence-corrected chi connectivity index (χ0v) is 10.6. The monoisotopic (exact) mass is 257 g/mol. The second-order valence-corrected chi connectivity index (χ2v) is 5.92. The second-order valence-electron chi connectivity index (χ2n) is 3.66. The maximum absolute atomic E-state index is 11.0. The van der Waals surface area contributed by atoms with Gasteiger partial charge < -0.3 is 9.94 Å². The van der Waals surface area contributed by atoms with Gasteiger partial charge in [0, 0.05) is 11.8 Å². The Morgan fingerprint density at radius 1 is 1.41 bits per heavy atom. The lowest BCUT2D eigenvalue weighted by Gasteiger charge is -2.09. The van der Waals surface area contributed by atoms with Crippen molar-refractivity contribution in [3.63, 3.8) is 0 Å². The topological polar surface area (TPSA) is 76.0 Å². The average molecular weight is 257 g/mol. The first kappa shape index (κ1) is 13.5. The molecule has 0 saturated heterocycles. The van der Waals surface area contributed by atoms with Crippen LogP contribution in [0.4, 0.5) is 0 Å². The number of rotatable bonds is 5. The highest BCUT2D eigenvalue weighted by molar-refractivity contribution is 7.90. The van der Waals surface area contributed by atoms with Crippen LogP contribution in [0.25, 0.3) is 0 Å². The van der Waals surface area contributed by atoms with Gasteiger partial charge in [-0.1, -0.05) is 17.3 Å². The normalized spacial score (nSPS) is 12.5. The van der Waals surface area contributed by atoms with Crippen LogP contribution in [0.15, 0.2) is 29.4 Å². The van der Waals surface area contributed by atoms with Gasteiger partial charge in [0.15, 0.2) is 9.84 Å². The van der Waals surface area contributed by atoms with E-state index in [1.165, 1.54) is 0 Å². The van der Waals surface area contributed by atoms with Crippen molar-refractivity contribution < 1.29 is 18.4 Å². The molecule has 0 aromatic heterocycles. The summed E-state index contributed by atoms with van der Waals surface area (Å²) in [5.74, 6) is 0.461. The van der Waals surface area contributed by atoms with E-state index in [0.29, 0.717) is 17.0 Å². The van der Waals surface area contributed by atoms with Gasteiger partial charge in [-0.25, -0.2) is 8.42 Å². The molecule has 1 aromatic carbocycles. The highest BCUT2D eigenvalue weighted by Crippen LogP contribution is 2.18. The SMILES string of the molecule is C/C(=N\O)c1ccccc1OCCS(C)(=O)=O. The molecule has 0 spiro atoms. The lowest BCUT2D eigenvalue weighted by atomic mass is 10.1. The van der Waals surface area contributed by atoms with Gasteiger partial charge in [0.1, 0.15) is 12.4 Å². The van der Waals surface area contributed by atoms with Crippen molar-refractivity contribution in [1.29, 1.82) is 0 Å². The Morgan fingerprint density at radius 3 is 2.65 bits per heavy atom. The lowest BCUT2D eigenvalue weighted by molar-refractivity contribution is 0.317. The molecule has 0 aliphatic carbocycles. The molecule has 0 heterocycles. The minimum atomic E-state index is -3.04. The summed E-state index contributed by atoms with van der Waals surface area (Å²) < 4.78 is 27.3. The molecule has 6 heteroatoms. The molecule has 0 unspecified atom stereocenters. The van der Waals surface area contributed by atoms with Crippen molar-refractivity contribution in [1.82, 2.24) is 0 Å². The molecule has 0 aliphatic rings. The van der Waals surface area contributed by atoms with E-state index in [0.717, 1.165) is 6.26 Å². The van der Waals surface area contributed by atoms with E-state index in [-0.39, 0.29) is 12.4 Å². The van der Waals surface area contributed by atoms with Gasteiger partial charge in [-0.2, -0.15) is 0 Å². The smallest absolute Gasteiger partial charge is 0.150 e. The van der Waals surface area contributed by atoms with E-state index in [9.17, 15) is 8.42 Å². The van der Waals surface area contributed by atoms with Crippen molar-refractivity contribution >= 4 is 15.5 Å². The van der Waals surface area contributed by atoms with Crippen LogP contribution < -0.4 is 4.74 Å². The molecule has 17 heavy (non-hydrogen) atoms. The van der Waals surface area contributed by atoms with Gasteiger partial charge in [0.25, 0.3) is 0 Å². The van der Waals surface area contributed by atoms with Crippen molar-refractivity contribution in [3.05, 3.63) is 29.8 Å². The number of hydrogen-bond donors (Lipinski definition) is 1. The highest BCUT2D eigenvalue weighted by atomic mass is 32.2. The van der Waals surface area contributed by atoms with E-state index in [1.54, 1.807) is 31.2 Å². The van der Waals surface area contributed by atoms with Crippen LogP contribution in [0.5, 0.6) is 5.75 Å². The minimum absolute atomic E-state index is 0.0450. The zero-order chi connectivity index (χ0) is 12.9. The highest BCUT2D eigenvalue weighted by Gasteiger charge is 2.08. The van der Waals surface area contributed by atoms with Crippen LogP contribution >= 0.6 is 0 Å². The zero-order valence-electron chi connectivity index (χ0n) is 9.75. The third kappa shape index (κ3) is 4.44. The third-order valence-corrected chi connectivity index (χ3v) is 3.05. The summed E-state index contributed by atoms with van der Waals surface area (Å²) >= 11 is 0. The van der Waals surface area contributed by atoms with Crippen molar-refractivity contribution in [2.75, 3.05) is 18.6 Å². The fraction of sp³-hybridized carbons (Fsp3) is 0.364. The van der Waals surface area contributed by atoms with Crippen molar-refractivity contribution in [2.24, 2.45) is 5.16 Å². The van der Waals surface area contributed by atoms with Crippen LogP contribution in [-0.4, -0.2) is 38.0 Å². The predicted octanol–water partition coefficient (Wildman–Crippen LogP) is 1.31. The molecule has 1 rings (SSSR count). The molecule has 0 fully saturated rings. The molecule has 5 nitrogen and oxygen atoms in total. The standard InChI is InChI=1S/C11H15NO4S/c1-9(12-13)10-5-3-4-6-11(10)16-7-8-17(2,14)15/h3-6,13H,7-8H2,1-2H3/b12-9+. The number of nitrogens with zero attached hydrogens (tertiary/aromatic N) is 1. The van der Waals surface area contributed by atoms with Crippen molar-refractivity contribution in [3.8, 4) is 5.75 Å². The summed E-state index contributed by atoms with van der Waals surface area (Å²) in [6.07, 6.45) is 1.16. The number of oxime groups is 1. The van der Waals surface area contributed by atoms with Crippen LogP contribution in [0.1, 0.15) is 12.5 Å². The summed E-state index contributed by atoms with van der Waals surface area (Å²) in [5.41, 5.74) is 1.06. The molecule has 0 atom stereocenters.